The van der Waals surface area contributed by atoms with Crippen LogP contribution in [0.5, 0.6) is 0 Å². The van der Waals surface area contributed by atoms with Crippen molar-refractivity contribution in [2.24, 2.45) is 5.92 Å². The minimum atomic E-state index is -3.64. The lowest BCUT2D eigenvalue weighted by molar-refractivity contribution is -0.118. The molecule has 9 heteroatoms. The molecule has 0 radical (unpaired) electrons. The van der Waals surface area contributed by atoms with Gasteiger partial charge in [-0.15, -0.1) is 10.2 Å². The van der Waals surface area contributed by atoms with E-state index >= 15 is 0 Å². The highest BCUT2D eigenvalue weighted by molar-refractivity contribution is 7.91. The lowest BCUT2D eigenvalue weighted by atomic mass is 10.2. The molecule has 0 unspecified atom stereocenters. The maximum absolute atomic E-state index is 12.1. The predicted molar refractivity (Wildman–Crippen MR) is 76.0 cm³/mol. The Bertz CT molecular complexity index is 576. The first-order valence-corrected chi connectivity index (χ1v) is 8.85. The van der Waals surface area contributed by atoms with Crippen molar-refractivity contribution in [3.63, 3.8) is 0 Å². The molecule has 20 heavy (non-hydrogen) atoms. The summed E-state index contributed by atoms with van der Waals surface area (Å²) in [5, 5.41) is 10.1. The number of hydrogen-bond donors (Lipinski definition) is 2. The van der Waals surface area contributed by atoms with Gasteiger partial charge in [-0.1, -0.05) is 38.0 Å². The average Bonchev–Trinajstić information content (AvgIpc) is 2.99. The number of carbonyl (C=O) groups excluding carboxylic acids is 1. The van der Waals surface area contributed by atoms with E-state index in [0.29, 0.717) is 0 Å². The van der Waals surface area contributed by atoms with Gasteiger partial charge in [0.05, 0.1) is 0 Å². The topological polar surface area (TPSA) is 101 Å². The molecule has 0 bridgehead atoms. The monoisotopic (exact) mass is 318 g/mol. The third-order valence-electron chi connectivity index (χ3n) is 3.07. The maximum atomic E-state index is 12.1. The third kappa shape index (κ3) is 3.74. The highest BCUT2D eigenvalue weighted by atomic mass is 32.2. The Labute approximate surface area is 122 Å². The van der Waals surface area contributed by atoms with Gasteiger partial charge in [0.15, 0.2) is 0 Å². The molecular weight excluding hydrogens is 300 g/mol. The van der Waals surface area contributed by atoms with Gasteiger partial charge in [-0.25, -0.2) is 13.1 Å². The van der Waals surface area contributed by atoms with Gasteiger partial charge in [-0.05, 0) is 12.8 Å². The normalized spacial score (nSPS) is 16.8. The molecule has 0 spiro atoms. The number of nitrogens with zero attached hydrogens (tertiary/aromatic N) is 2. The minimum absolute atomic E-state index is 0.0161. The molecule has 2 N–H and O–H groups in total. The summed E-state index contributed by atoms with van der Waals surface area (Å²) in [5.41, 5.74) is 0. The first-order valence-electron chi connectivity index (χ1n) is 6.55. The molecule has 2 rings (SSSR count). The quantitative estimate of drug-likeness (QED) is 0.798. The van der Waals surface area contributed by atoms with E-state index in [4.69, 9.17) is 0 Å². The minimum Gasteiger partial charge on any atom is -0.300 e. The van der Waals surface area contributed by atoms with Gasteiger partial charge in [0.2, 0.25) is 15.4 Å². The predicted octanol–water partition coefficient (Wildman–Crippen LogP) is 1.35. The van der Waals surface area contributed by atoms with E-state index in [1.165, 1.54) is 0 Å². The summed E-state index contributed by atoms with van der Waals surface area (Å²) in [6.45, 7) is 3.49. The van der Waals surface area contributed by atoms with Crippen LogP contribution in [0.15, 0.2) is 4.34 Å². The molecular formula is C11H18N4O3S2. The summed E-state index contributed by atoms with van der Waals surface area (Å²) < 4.78 is 26.7. The fourth-order valence-electron chi connectivity index (χ4n) is 1.93. The van der Waals surface area contributed by atoms with Gasteiger partial charge < -0.3 is 5.32 Å². The second kappa shape index (κ2) is 6.15. The standard InChI is InChI=1S/C11H18N4O3S2/c1-7(2)9(16)12-10-13-14-11(19-10)20(17,18)15-8-5-3-4-6-8/h7-8,15H,3-6H2,1-2H3,(H,12,13,16). The highest BCUT2D eigenvalue weighted by Gasteiger charge is 2.26. The molecule has 1 saturated carbocycles. The zero-order valence-corrected chi connectivity index (χ0v) is 13.1. The van der Waals surface area contributed by atoms with E-state index in [2.05, 4.69) is 20.2 Å². The molecule has 1 heterocycles. The van der Waals surface area contributed by atoms with Gasteiger partial charge in [0, 0.05) is 12.0 Å². The van der Waals surface area contributed by atoms with Crippen molar-refractivity contribution in [2.45, 2.75) is 49.9 Å². The summed E-state index contributed by atoms with van der Waals surface area (Å²) >= 11 is 0.864. The summed E-state index contributed by atoms with van der Waals surface area (Å²) in [4.78, 5) is 11.5. The molecule has 0 aliphatic heterocycles. The maximum Gasteiger partial charge on any atom is 0.270 e. The van der Waals surface area contributed by atoms with Gasteiger partial charge in [0.25, 0.3) is 10.0 Å². The highest BCUT2D eigenvalue weighted by Crippen LogP contribution is 2.23. The third-order valence-corrected chi connectivity index (χ3v) is 5.79. The molecule has 1 aromatic rings. The SMILES string of the molecule is CC(C)C(=O)Nc1nnc(S(=O)(=O)NC2CCCC2)s1. The van der Waals surface area contributed by atoms with Gasteiger partial charge in [-0.3, -0.25) is 4.79 Å². The second-order valence-corrected chi connectivity index (χ2v) is 7.98. The zero-order valence-electron chi connectivity index (χ0n) is 11.4. The molecule has 1 aliphatic carbocycles. The van der Waals surface area contributed by atoms with Crippen LogP contribution >= 0.6 is 11.3 Å². The largest absolute Gasteiger partial charge is 0.300 e. The molecule has 1 amide bonds. The second-order valence-electron chi connectivity index (χ2n) is 5.12. The molecule has 7 nitrogen and oxygen atoms in total. The lowest BCUT2D eigenvalue weighted by Crippen LogP contribution is -2.32. The van der Waals surface area contributed by atoms with Crippen LogP contribution in [0.4, 0.5) is 5.13 Å². The average molecular weight is 318 g/mol. The van der Waals surface area contributed by atoms with Crippen LogP contribution in [0.1, 0.15) is 39.5 Å². The molecule has 0 aromatic carbocycles. The lowest BCUT2D eigenvalue weighted by Gasteiger charge is -2.09. The Morgan fingerprint density at radius 1 is 1.30 bits per heavy atom. The van der Waals surface area contributed by atoms with Crippen LogP contribution in [0, 0.1) is 5.92 Å². The number of hydrogen-bond acceptors (Lipinski definition) is 6. The van der Waals surface area contributed by atoms with E-state index < -0.39 is 10.0 Å². The number of amides is 1. The number of aromatic nitrogens is 2. The van der Waals surface area contributed by atoms with Crippen molar-refractivity contribution in [3.8, 4) is 0 Å². The summed E-state index contributed by atoms with van der Waals surface area (Å²) in [6, 6.07) is -0.0161. The summed E-state index contributed by atoms with van der Waals surface area (Å²) in [6.07, 6.45) is 3.79. The van der Waals surface area contributed by atoms with Crippen molar-refractivity contribution < 1.29 is 13.2 Å². The van der Waals surface area contributed by atoms with E-state index in [1.54, 1.807) is 13.8 Å². The Kier molecular flexibility index (Phi) is 4.71. The summed E-state index contributed by atoms with van der Waals surface area (Å²) in [7, 11) is -3.64. The van der Waals surface area contributed by atoms with E-state index in [0.717, 1.165) is 37.0 Å². The Balaban J connectivity index is 2.05. The van der Waals surface area contributed by atoms with Gasteiger partial charge >= 0.3 is 0 Å². The van der Waals surface area contributed by atoms with Crippen LogP contribution < -0.4 is 10.0 Å². The first kappa shape index (κ1) is 15.3. The number of nitrogens with one attached hydrogen (secondary N) is 2. The fourth-order valence-corrected chi connectivity index (χ4v) is 4.16. The molecule has 112 valence electrons. The van der Waals surface area contributed by atoms with Crippen LogP contribution in [0.25, 0.3) is 0 Å². The number of sulfonamides is 1. The number of anilines is 1. The first-order chi connectivity index (χ1) is 9.38. The van der Waals surface area contributed by atoms with E-state index in [-0.39, 0.29) is 27.3 Å². The Hall–Kier alpha value is -1.06. The molecule has 0 saturated heterocycles. The van der Waals surface area contributed by atoms with Crippen molar-refractivity contribution in [3.05, 3.63) is 0 Å². The molecule has 1 aliphatic rings. The van der Waals surface area contributed by atoms with Gasteiger partial charge in [0.1, 0.15) is 0 Å². The van der Waals surface area contributed by atoms with Crippen LogP contribution in [0.2, 0.25) is 0 Å². The smallest absolute Gasteiger partial charge is 0.270 e. The van der Waals surface area contributed by atoms with Crippen molar-refractivity contribution >= 4 is 32.4 Å². The van der Waals surface area contributed by atoms with Crippen LogP contribution in [-0.4, -0.2) is 30.6 Å². The number of carbonyl (C=O) groups is 1. The molecule has 1 aromatic heterocycles. The van der Waals surface area contributed by atoms with E-state index in [1.807, 2.05) is 0 Å². The Morgan fingerprint density at radius 2 is 1.95 bits per heavy atom. The van der Waals surface area contributed by atoms with Gasteiger partial charge in [-0.2, -0.15) is 0 Å². The number of rotatable bonds is 5. The zero-order chi connectivity index (χ0) is 14.8. The van der Waals surface area contributed by atoms with Crippen molar-refractivity contribution in [1.29, 1.82) is 0 Å². The fraction of sp³-hybridized carbons (Fsp3) is 0.727. The molecule has 1 fully saturated rings. The summed E-state index contributed by atoms with van der Waals surface area (Å²) in [5.74, 6) is -0.413. The van der Waals surface area contributed by atoms with Crippen molar-refractivity contribution in [2.75, 3.05) is 5.32 Å². The van der Waals surface area contributed by atoms with Crippen molar-refractivity contribution in [1.82, 2.24) is 14.9 Å². The van der Waals surface area contributed by atoms with Crippen LogP contribution in [-0.2, 0) is 14.8 Å². The Morgan fingerprint density at radius 3 is 2.55 bits per heavy atom. The molecule has 0 atom stereocenters. The van der Waals surface area contributed by atoms with Crippen LogP contribution in [0.3, 0.4) is 0 Å². The van der Waals surface area contributed by atoms with E-state index in [9.17, 15) is 13.2 Å².